The van der Waals surface area contributed by atoms with Crippen LogP contribution in [0, 0.1) is 25.2 Å². The number of aromatic nitrogens is 1. The number of carbonyl (C=O) groups is 2. The van der Waals surface area contributed by atoms with Gasteiger partial charge in [0, 0.05) is 11.1 Å². The van der Waals surface area contributed by atoms with Crippen molar-refractivity contribution in [1.82, 2.24) is 4.98 Å². The molecule has 2 aromatic heterocycles. The zero-order valence-electron chi connectivity index (χ0n) is 11.3. The van der Waals surface area contributed by atoms with Gasteiger partial charge in [0.15, 0.2) is 0 Å². The summed E-state index contributed by atoms with van der Waals surface area (Å²) in [6, 6.07) is 4.80. The summed E-state index contributed by atoms with van der Waals surface area (Å²) in [6.45, 7) is 3.49. The molecule has 2 N–H and O–H groups in total. The van der Waals surface area contributed by atoms with Crippen LogP contribution in [0.25, 0.3) is 0 Å². The van der Waals surface area contributed by atoms with Crippen LogP contribution in [0.15, 0.2) is 18.3 Å². The maximum atomic E-state index is 12.1. The number of nitrogens with one attached hydrogen (secondary N) is 1. The molecule has 21 heavy (non-hydrogen) atoms. The van der Waals surface area contributed by atoms with E-state index < -0.39 is 11.9 Å². The van der Waals surface area contributed by atoms with Crippen molar-refractivity contribution >= 4 is 28.2 Å². The molecule has 2 rings (SSSR count). The molecule has 6 nitrogen and oxygen atoms in total. The van der Waals surface area contributed by atoms with Gasteiger partial charge in [0.2, 0.25) is 0 Å². The molecule has 0 unspecified atom stereocenters. The fourth-order valence-electron chi connectivity index (χ4n) is 1.73. The molecule has 1 amide bonds. The third-order valence-corrected chi connectivity index (χ3v) is 4.07. The summed E-state index contributed by atoms with van der Waals surface area (Å²) in [5.41, 5.74) is 1.20. The molecule has 0 atom stereocenters. The van der Waals surface area contributed by atoms with E-state index in [9.17, 15) is 14.7 Å². The average molecular weight is 301 g/mol. The number of rotatable bonds is 3. The minimum absolute atomic E-state index is 0.0968. The highest BCUT2D eigenvalue weighted by Gasteiger charge is 2.21. The maximum Gasteiger partial charge on any atom is 0.338 e. The molecule has 2 aromatic rings. The smallest absolute Gasteiger partial charge is 0.338 e. The fraction of sp³-hybridized carbons (Fsp3) is 0.143. The van der Waals surface area contributed by atoms with Gasteiger partial charge in [-0.15, -0.1) is 11.3 Å². The SMILES string of the molecule is Cc1sc(NC(=O)c2ccc(C#N)cn2)c(C(=O)O)c1C. The number of thiophene rings is 1. The Kier molecular flexibility index (Phi) is 4.00. The van der Waals surface area contributed by atoms with Crippen molar-refractivity contribution in [2.75, 3.05) is 5.32 Å². The number of carboxylic acids is 1. The number of carbonyl (C=O) groups excluding carboxylic acids is 1. The monoisotopic (exact) mass is 301 g/mol. The van der Waals surface area contributed by atoms with E-state index in [4.69, 9.17) is 5.26 Å². The Morgan fingerprint density at radius 3 is 2.62 bits per heavy atom. The van der Waals surface area contributed by atoms with Crippen molar-refractivity contribution in [1.29, 1.82) is 5.26 Å². The molecule has 0 aliphatic carbocycles. The lowest BCUT2D eigenvalue weighted by atomic mass is 10.1. The number of hydrogen-bond acceptors (Lipinski definition) is 5. The molecule has 0 aromatic carbocycles. The molecule has 0 bridgehead atoms. The number of aryl methyl sites for hydroxylation is 1. The summed E-state index contributed by atoms with van der Waals surface area (Å²) < 4.78 is 0. The van der Waals surface area contributed by atoms with E-state index in [0.717, 1.165) is 4.88 Å². The van der Waals surface area contributed by atoms with Gasteiger partial charge in [-0.3, -0.25) is 4.79 Å². The minimum atomic E-state index is -1.08. The molecule has 2 heterocycles. The molecular weight excluding hydrogens is 290 g/mol. The van der Waals surface area contributed by atoms with Gasteiger partial charge in [-0.25, -0.2) is 9.78 Å². The van der Waals surface area contributed by atoms with E-state index in [1.54, 1.807) is 13.8 Å². The zero-order valence-corrected chi connectivity index (χ0v) is 12.1. The van der Waals surface area contributed by atoms with E-state index >= 15 is 0 Å². The number of carboxylic acid groups (broad SMARTS) is 1. The van der Waals surface area contributed by atoms with Crippen LogP contribution in [0.5, 0.6) is 0 Å². The summed E-state index contributed by atoms with van der Waals surface area (Å²) >= 11 is 1.21. The largest absolute Gasteiger partial charge is 0.478 e. The Bertz CT molecular complexity index is 757. The van der Waals surface area contributed by atoms with Gasteiger partial charge in [-0.1, -0.05) is 0 Å². The topological polar surface area (TPSA) is 103 Å². The standard InChI is InChI=1S/C14H11N3O3S/c1-7-8(2)21-13(11(7)14(19)20)17-12(18)10-4-3-9(5-15)6-16-10/h3-4,6H,1-2H3,(H,17,18)(H,19,20). The Morgan fingerprint density at radius 1 is 1.38 bits per heavy atom. The third kappa shape index (κ3) is 2.90. The van der Waals surface area contributed by atoms with E-state index in [1.807, 2.05) is 6.07 Å². The zero-order chi connectivity index (χ0) is 15.6. The summed E-state index contributed by atoms with van der Waals surface area (Å²) in [6.07, 6.45) is 1.29. The first-order valence-corrected chi connectivity index (χ1v) is 6.76. The van der Waals surface area contributed by atoms with Crippen molar-refractivity contribution < 1.29 is 14.7 Å². The maximum absolute atomic E-state index is 12.1. The molecule has 0 saturated heterocycles. The lowest BCUT2D eigenvalue weighted by molar-refractivity contribution is 0.0697. The van der Waals surface area contributed by atoms with Crippen LogP contribution in [0.2, 0.25) is 0 Å². The number of nitriles is 1. The van der Waals surface area contributed by atoms with Crippen LogP contribution in [0.4, 0.5) is 5.00 Å². The number of hydrogen-bond donors (Lipinski definition) is 2. The first-order valence-electron chi connectivity index (χ1n) is 5.94. The van der Waals surface area contributed by atoms with Crippen LogP contribution in [-0.2, 0) is 0 Å². The summed E-state index contributed by atoms with van der Waals surface area (Å²) in [7, 11) is 0. The van der Waals surface area contributed by atoms with Crippen LogP contribution in [-0.4, -0.2) is 22.0 Å². The van der Waals surface area contributed by atoms with E-state index in [0.29, 0.717) is 11.1 Å². The Balaban J connectivity index is 2.29. The minimum Gasteiger partial charge on any atom is -0.478 e. The summed E-state index contributed by atoms with van der Waals surface area (Å²) in [5.74, 6) is -1.59. The van der Waals surface area contributed by atoms with Gasteiger partial charge in [-0.05, 0) is 31.5 Å². The first kappa shape index (κ1) is 14.7. The van der Waals surface area contributed by atoms with Crippen LogP contribution in [0.1, 0.15) is 36.9 Å². The molecule has 0 aliphatic heterocycles. The second-order valence-electron chi connectivity index (χ2n) is 4.29. The number of nitrogens with zero attached hydrogens (tertiary/aromatic N) is 2. The van der Waals surface area contributed by atoms with Gasteiger partial charge in [0.25, 0.3) is 5.91 Å². The molecule has 0 radical (unpaired) electrons. The van der Waals surface area contributed by atoms with Gasteiger partial charge in [-0.2, -0.15) is 5.26 Å². The second kappa shape index (κ2) is 5.73. The Labute approximate surface area is 124 Å². The van der Waals surface area contributed by atoms with Gasteiger partial charge < -0.3 is 10.4 Å². The Hall–Kier alpha value is -2.72. The first-order chi connectivity index (χ1) is 9.93. The number of pyridine rings is 1. The number of amides is 1. The molecule has 106 valence electrons. The van der Waals surface area contributed by atoms with E-state index in [1.165, 1.54) is 29.7 Å². The van der Waals surface area contributed by atoms with Crippen LogP contribution < -0.4 is 5.32 Å². The fourth-order valence-corrected chi connectivity index (χ4v) is 2.78. The van der Waals surface area contributed by atoms with Crippen molar-refractivity contribution in [2.45, 2.75) is 13.8 Å². The summed E-state index contributed by atoms with van der Waals surface area (Å²) in [4.78, 5) is 28.0. The second-order valence-corrected chi connectivity index (χ2v) is 5.52. The van der Waals surface area contributed by atoms with Gasteiger partial charge in [0.1, 0.15) is 16.8 Å². The predicted molar refractivity (Wildman–Crippen MR) is 77.7 cm³/mol. The lowest BCUT2D eigenvalue weighted by Gasteiger charge is -2.04. The van der Waals surface area contributed by atoms with E-state index in [-0.39, 0.29) is 16.3 Å². The molecule has 0 fully saturated rings. The molecular formula is C14H11N3O3S. The van der Waals surface area contributed by atoms with Gasteiger partial charge >= 0.3 is 5.97 Å². The normalized spacial score (nSPS) is 9.95. The third-order valence-electron chi connectivity index (χ3n) is 2.95. The van der Waals surface area contributed by atoms with Crippen molar-refractivity contribution in [3.63, 3.8) is 0 Å². The van der Waals surface area contributed by atoms with Crippen molar-refractivity contribution in [3.8, 4) is 6.07 Å². The highest BCUT2D eigenvalue weighted by molar-refractivity contribution is 7.16. The quantitative estimate of drug-likeness (QED) is 0.907. The molecule has 0 saturated carbocycles. The average Bonchev–Trinajstić information content (AvgIpc) is 2.73. The van der Waals surface area contributed by atoms with Crippen LogP contribution in [0.3, 0.4) is 0 Å². The number of anilines is 1. The van der Waals surface area contributed by atoms with Crippen molar-refractivity contribution in [3.05, 3.63) is 45.6 Å². The highest BCUT2D eigenvalue weighted by Crippen LogP contribution is 2.32. The molecule has 0 spiro atoms. The summed E-state index contributed by atoms with van der Waals surface area (Å²) in [5, 5.41) is 20.7. The molecule has 0 aliphatic rings. The number of aromatic carboxylic acids is 1. The highest BCUT2D eigenvalue weighted by atomic mass is 32.1. The van der Waals surface area contributed by atoms with E-state index in [2.05, 4.69) is 10.3 Å². The predicted octanol–water partition coefficient (Wildman–Crippen LogP) is 2.58. The van der Waals surface area contributed by atoms with Crippen molar-refractivity contribution in [2.24, 2.45) is 0 Å². The van der Waals surface area contributed by atoms with Gasteiger partial charge in [0.05, 0.1) is 11.1 Å². The Morgan fingerprint density at radius 2 is 2.10 bits per heavy atom. The molecule has 7 heteroatoms. The van der Waals surface area contributed by atoms with Crippen LogP contribution >= 0.6 is 11.3 Å². The lowest BCUT2D eigenvalue weighted by Crippen LogP contribution is -2.15.